The predicted octanol–water partition coefficient (Wildman–Crippen LogP) is 4.51. The van der Waals surface area contributed by atoms with Crippen LogP contribution < -0.4 is 5.73 Å². The molecule has 0 unspecified atom stereocenters. The molecule has 0 aliphatic carbocycles. The highest BCUT2D eigenvalue weighted by Crippen LogP contribution is 2.15. The van der Waals surface area contributed by atoms with Crippen LogP contribution in [0.1, 0.15) is 67.8 Å². The summed E-state index contributed by atoms with van der Waals surface area (Å²) in [4.78, 5) is 12.0. The highest BCUT2D eigenvalue weighted by Gasteiger charge is 2.06. The zero-order chi connectivity index (χ0) is 13.4. The number of benzene rings is 1. The third-order valence-electron chi connectivity index (χ3n) is 3.35. The van der Waals surface area contributed by atoms with Crippen LogP contribution in [0.5, 0.6) is 0 Å². The molecule has 0 aromatic heterocycles. The second-order valence-electron chi connectivity index (χ2n) is 5.01. The first-order chi connectivity index (χ1) is 8.65. The maximum absolute atomic E-state index is 12.0. The van der Waals surface area contributed by atoms with E-state index in [0.717, 1.165) is 23.2 Å². The summed E-state index contributed by atoms with van der Waals surface area (Å²) in [5.74, 6) is 0.244. The van der Waals surface area contributed by atoms with Crippen LogP contribution in [0.15, 0.2) is 18.2 Å². The van der Waals surface area contributed by atoms with Crippen molar-refractivity contribution in [1.82, 2.24) is 0 Å². The molecule has 0 atom stereocenters. The second kappa shape index (κ2) is 7.91. The van der Waals surface area contributed by atoms with E-state index in [1.54, 1.807) is 0 Å². The highest BCUT2D eigenvalue weighted by molar-refractivity contribution is 5.96. The summed E-state index contributed by atoms with van der Waals surface area (Å²) in [6.45, 7) is 4.16. The molecule has 0 fully saturated rings. The summed E-state index contributed by atoms with van der Waals surface area (Å²) in [6, 6.07) is 5.56. The molecule has 18 heavy (non-hydrogen) atoms. The molecular formula is C16H25NO. The number of nitrogen functional groups attached to an aromatic ring is 1. The van der Waals surface area contributed by atoms with Gasteiger partial charge in [0.15, 0.2) is 5.78 Å². The molecule has 0 heterocycles. The summed E-state index contributed by atoms with van der Waals surface area (Å²) in [7, 11) is 0. The lowest BCUT2D eigenvalue weighted by atomic mass is 10.0. The van der Waals surface area contributed by atoms with E-state index in [0.29, 0.717) is 6.42 Å². The summed E-state index contributed by atoms with van der Waals surface area (Å²) < 4.78 is 0. The van der Waals surface area contributed by atoms with Crippen molar-refractivity contribution in [3.05, 3.63) is 29.3 Å². The average molecular weight is 247 g/mol. The highest BCUT2D eigenvalue weighted by atomic mass is 16.1. The first-order valence-electron chi connectivity index (χ1n) is 7.04. The quantitative estimate of drug-likeness (QED) is 0.417. The van der Waals surface area contributed by atoms with Crippen molar-refractivity contribution in [1.29, 1.82) is 0 Å². The molecule has 0 radical (unpaired) electrons. The standard InChI is InChI=1S/C16H25NO/c1-3-4-5-6-7-8-9-16(18)14-10-11-15(17)13(2)12-14/h10-12H,3-9,17H2,1-2H3. The summed E-state index contributed by atoms with van der Waals surface area (Å²) in [5, 5.41) is 0. The number of carbonyl (C=O) groups is 1. The maximum Gasteiger partial charge on any atom is 0.162 e. The molecule has 0 saturated heterocycles. The van der Waals surface area contributed by atoms with Gasteiger partial charge in [-0.3, -0.25) is 4.79 Å². The van der Waals surface area contributed by atoms with Crippen molar-refractivity contribution in [2.24, 2.45) is 0 Å². The Morgan fingerprint density at radius 3 is 2.44 bits per heavy atom. The monoisotopic (exact) mass is 247 g/mol. The van der Waals surface area contributed by atoms with E-state index in [2.05, 4.69) is 6.92 Å². The number of Topliss-reactive ketones (excluding diaryl/α,β-unsaturated/α-hetero) is 1. The van der Waals surface area contributed by atoms with Crippen molar-refractivity contribution >= 4 is 11.5 Å². The molecule has 2 N–H and O–H groups in total. The van der Waals surface area contributed by atoms with E-state index in [9.17, 15) is 4.79 Å². The number of unbranched alkanes of at least 4 members (excludes halogenated alkanes) is 5. The third kappa shape index (κ3) is 4.91. The fraction of sp³-hybridized carbons (Fsp3) is 0.562. The molecule has 2 nitrogen and oxygen atoms in total. The Bertz CT molecular complexity index is 385. The van der Waals surface area contributed by atoms with Crippen molar-refractivity contribution < 1.29 is 4.79 Å². The molecule has 0 amide bonds. The molecular weight excluding hydrogens is 222 g/mol. The summed E-state index contributed by atoms with van der Waals surface area (Å²) in [5.41, 5.74) is 8.29. The van der Waals surface area contributed by atoms with Gasteiger partial charge in [-0.1, -0.05) is 39.0 Å². The maximum atomic E-state index is 12.0. The Kier molecular flexibility index (Phi) is 6.48. The minimum atomic E-state index is 0.244. The largest absolute Gasteiger partial charge is 0.399 e. The molecule has 0 aliphatic rings. The van der Waals surface area contributed by atoms with Gasteiger partial charge in [0.1, 0.15) is 0 Å². The van der Waals surface area contributed by atoms with E-state index >= 15 is 0 Å². The molecule has 1 rings (SSSR count). The summed E-state index contributed by atoms with van der Waals surface area (Å²) in [6.07, 6.45) is 7.96. The van der Waals surface area contributed by atoms with Gasteiger partial charge < -0.3 is 5.73 Å². The lowest BCUT2D eigenvalue weighted by molar-refractivity contribution is 0.0979. The first kappa shape index (κ1) is 14.7. The Morgan fingerprint density at radius 2 is 1.78 bits per heavy atom. The molecule has 100 valence electrons. The van der Waals surface area contributed by atoms with Gasteiger partial charge in [0.05, 0.1) is 0 Å². The number of ketones is 1. The minimum Gasteiger partial charge on any atom is -0.399 e. The molecule has 0 aliphatic heterocycles. The van der Waals surface area contributed by atoms with E-state index < -0.39 is 0 Å². The number of carbonyl (C=O) groups excluding carboxylic acids is 1. The van der Waals surface area contributed by atoms with E-state index in [4.69, 9.17) is 5.73 Å². The number of hydrogen-bond acceptors (Lipinski definition) is 2. The normalized spacial score (nSPS) is 10.6. The first-order valence-corrected chi connectivity index (χ1v) is 7.04. The number of anilines is 1. The number of hydrogen-bond donors (Lipinski definition) is 1. The van der Waals surface area contributed by atoms with Crippen LogP contribution in [0, 0.1) is 6.92 Å². The van der Waals surface area contributed by atoms with Gasteiger partial charge in [0.25, 0.3) is 0 Å². The van der Waals surface area contributed by atoms with Crippen LogP contribution in [0.25, 0.3) is 0 Å². The molecule has 1 aromatic rings. The van der Waals surface area contributed by atoms with E-state index in [1.165, 1.54) is 32.1 Å². The fourth-order valence-electron chi connectivity index (χ4n) is 2.06. The Labute approximate surface area is 111 Å². The van der Waals surface area contributed by atoms with E-state index in [1.807, 2.05) is 25.1 Å². The lowest BCUT2D eigenvalue weighted by Crippen LogP contribution is -2.00. The summed E-state index contributed by atoms with van der Waals surface area (Å²) >= 11 is 0. The van der Waals surface area contributed by atoms with Crippen molar-refractivity contribution in [3.8, 4) is 0 Å². The molecule has 0 spiro atoms. The van der Waals surface area contributed by atoms with Gasteiger partial charge in [-0.15, -0.1) is 0 Å². The zero-order valence-corrected chi connectivity index (χ0v) is 11.7. The van der Waals surface area contributed by atoms with Crippen molar-refractivity contribution in [2.75, 3.05) is 5.73 Å². The van der Waals surface area contributed by atoms with Gasteiger partial charge >= 0.3 is 0 Å². The van der Waals surface area contributed by atoms with Crippen LogP contribution in [0.3, 0.4) is 0 Å². The minimum absolute atomic E-state index is 0.244. The van der Waals surface area contributed by atoms with Gasteiger partial charge in [-0.25, -0.2) is 0 Å². The number of aryl methyl sites for hydroxylation is 1. The Balaban J connectivity index is 2.30. The van der Waals surface area contributed by atoms with Gasteiger partial charge in [0, 0.05) is 17.7 Å². The Morgan fingerprint density at radius 1 is 1.11 bits per heavy atom. The zero-order valence-electron chi connectivity index (χ0n) is 11.7. The topological polar surface area (TPSA) is 43.1 Å². The fourth-order valence-corrected chi connectivity index (χ4v) is 2.06. The van der Waals surface area contributed by atoms with Crippen LogP contribution >= 0.6 is 0 Å². The second-order valence-corrected chi connectivity index (χ2v) is 5.01. The predicted molar refractivity (Wildman–Crippen MR) is 77.9 cm³/mol. The molecule has 0 bridgehead atoms. The average Bonchev–Trinajstić information content (AvgIpc) is 2.36. The van der Waals surface area contributed by atoms with Gasteiger partial charge in [0.2, 0.25) is 0 Å². The SMILES string of the molecule is CCCCCCCCC(=O)c1ccc(N)c(C)c1. The third-order valence-corrected chi connectivity index (χ3v) is 3.35. The van der Waals surface area contributed by atoms with Gasteiger partial charge in [-0.2, -0.15) is 0 Å². The number of rotatable bonds is 8. The Hall–Kier alpha value is -1.31. The van der Waals surface area contributed by atoms with Crippen LogP contribution in [0.4, 0.5) is 5.69 Å². The number of nitrogens with two attached hydrogens (primary N) is 1. The molecule has 2 heteroatoms. The molecule has 1 aromatic carbocycles. The van der Waals surface area contributed by atoms with Crippen LogP contribution in [-0.2, 0) is 0 Å². The van der Waals surface area contributed by atoms with Crippen LogP contribution in [-0.4, -0.2) is 5.78 Å². The molecule has 0 saturated carbocycles. The van der Waals surface area contributed by atoms with Crippen molar-refractivity contribution in [2.45, 2.75) is 58.8 Å². The van der Waals surface area contributed by atoms with Gasteiger partial charge in [-0.05, 0) is 37.1 Å². The van der Waals surface area contributed by atoms with Crippen LogP contribution in [0.2, 0.25) is 0 Å². The van der Waals surface area contributed by atoms with E-state index in [-0.39, 0.29) is 5.78 Å². The smallest absolute Gasteiger partial charge is 0.162 e. The lowest BCUT2D eigenvalue weighted by Gasteiger charge is -2.04. The van der Waals surface area contributed by atoms with Crippen molar-refractivity contribution in [3.63, 3.8) is 0 Å².